The van der Waals surface area contributed by atoms with Gasteiger partial charge in [0.2, 0.25) is 5.91 Å². The van der Waals surface area contributed by atoms with Gasteiger partial charge in [-0.25, -0.2) is 0 Å². The lowest BCUT2D eigenvalue weighted by Crippen LogP contribution is -2.32. The number of methoxy groups -OCH3 is 2. The fourth-order valence-electron chi connectivity index (χ4n) is 2.80. The van der Waals surface area contributed by atoms with Crippen LogP contribution in [0.15, 0.2) is 60.7 Å². The number of anilines is 2. The Morgan fingerprint density at radius 1 is 0.923 bits per heavy atom. The first-order valence-corrected chi connectivity index (χ1v) is 8.39. The van der Waals surface area contributed by atoms with Gasteiger partial charge in [0.1, 0.15) is 17.5 Å². The molecule has 0 aliphatic rings. The fourth-order valence-corrected chi connectivity index (χ4v) is 2.80. The first-order valence-electron chi connectivity index (χ1n) is 8.39. The topological polar surface area (TPSA) is 59.6 Å². The number of nitrogens with one attached hydrogen (secondary N) is 2. The Kier molecular flexibility index (Phi) is 5.27. The van der Waals surface area contributed by atoms with Gasteiger partial charge in [-0.3, -0.25) is 4.79 Å². The van der Waals surface area contributed by atoms with Crippen molar-refractivity contribution in [2.24, 2.45) is 0 Å². The third-order valence-electron chi connectivity index (χ3n) is 4.22. The van der Waals surface area contributed by atoms with Gasteiger partial charge < -0.3 is 20.1 Å². The standard InChI is InChI=1S/C21H22N2O3/c1-14(22-18-10-6-8-15-7-4-5-9-17(15)18)21(24)23-19-13-16(25-2)11-12-20(19)26-3/h4-14,22H,1-3H3,(H,23,24)/t14-/m0/s1. The summed E-state index contributed by atoms with van der Waals surface area (Å²) >= 11 is 0. The zero-order chi connectivity index (χ0) is 18.5. The molecule has 0 spiro atoms. The number of benzene rings is 3. The van der Waals surface area contributed by atoms with E-state index in [0.29, 0.717) is 17.2 Å². The number of carbonyl (C=O) groups excluding carboxylic acids is 1. The van der Waals surface area contributed by atoms with Crippen molar-refractivity contribution in [2.75, 3.05) is 24.9 Å². The van der Waals surface area contributed by atoms with Crippen LogP contribution >= 0.6 is 0 Å². The number of rotatable bonds is 6. The van der Waals surface area contributed by atoms with Crippen LogP contribution < -0.4 is 20.1 Å². The van der Waals surface area contributed by atoms with Crippen LogP contribution in [0.2, 0.25) is 0 Å². The second-order valence-electron chi connectivity index (χ2n) is 5.95. The molecule has 0 fully saturated rings. The van der Waals surface area contributed by atoms with E-state index in [4.69, 9.17) is 9.47 Å². The maximum atomic E-state index is 12.7. The van der Waals surface area contributed by atoms with Gasteiger partial charge in [0.05, 0.1) is 19.9 Å². The first kappa shape index (κ1) is 17.6. The first-order chi connectivity index (χ1) is 12.6. The predicted octanol–water partition coefficient (Wildman–Crippen LogP) is 4.30. The smallest absolute Gasteiger partial charge is 0.246 e. The van der Waals surface area contributed by atoms with Crippen molar-refractivity contribution in [1.29, 1.82) is 0 Å². The SMILES string of the molecule is COc1ccc(OC)c(NC(=O)[C@H](C)Nc2cccc3ccccc23)c1. The summed E-state index contributed by atoms with van der Waals surface area (Å²) < 4.78 is 10.5. The molecular weight excluding hydrogens is 328 g/mol. The molecule has 0 saturated carbocycles. The Hall–Kier alpha value is -3.21. The lowest BCUT2D eigenvalue weighted by atomic mass is 10.1. The third kappa shape index (κ3) is 3.72. The minimum absolute atomic E-state index is 0.163. The Bertz CT molecular complexity index is 919. The summed E-state index contributed by atoms with van der Waals surface area (Å²) in [6, 6.07) is 18.9. The summed E-state index contributed by atoms with van der Waals surface area (Å²) in [5, 5.41) is 8.39. The van der Waals surface area contributed by atoms with Crippen molar-refractivity contribution in [3.63, 3.8) is 0 Å². The molecule has 0 radical (unpaired) electrons. The van der Waals surface area contributed by atoms with Crippen molar-refractivity contribution in [2.45, 2.75) is 13.0 Å². The summed E-state index contributed by atoms with van der Waals surface area (Å²) in [6.07, 6.45) is 0. The molecule has 0 aromatic heterocycles. The van der Waals surface area contributed by atoms with Crippen molar-refractivity contribution >= 4 is 28.1 Å². The molecule has 1 atom stereocenters. The summed E-state index contributed by atoms with van der Waals surface area (Å²) in [5.41, 5.74) is 1.49. The molecule has 3 aromatic carbocycles. The molecule has 2 N–H and O–H groups in total. The summed E-state index contributed by atoms with van der Waals surface area (Å²) in [5.74, 6) is 1.07. The number of amides is 1. The van der Waals surface area contributed by atoms with E-state index in [1.54, 1.807) is 32.4 Å². The minimum atomic E-state index is -0.434. The highest BCUT2D eigenvalue weighted by Gasteiger charge is 2.16. The quantitative estimate of drug-likeness (QED) is 0.696. The number of fused-ring (bicyclic) bond motifs is 1. The minimum Gasteiger partial charge on any atom is -0.497 e. The average Bonchev–Trinajstić information content (AvgIpc) is 2.68. The lowest BCUT2D eigenvalue weighted by molar-refractivity contribution is -0.116. The Morgan fingerprint density at radius 2 is 1.69 bits per heavy atom. The summed E-state index contributed by atoms with van der Waals surface area (Å²) in [6.45, 7) is 1.82. The summed E-state index contributed by atoms with van der Waals surface area (Å²) in [7, 11) is 3.15. The van der Waals surface area contributed by atoms with E-state index in [1.807, 2.05) is 49.4 Å². The molecule has 3 rings (SSSR count). The zero-order valence-electron chi connectivity index (χ0n) is 15.1. The maximum Gasteiger partial charge on any atom is 0.246 e. The normalized spacial score (nSPS) is 11.7. The monoisotopic (exact) mass is 350 g/mol. The van der Waals surface area contributed by atoms with Crippen LogP contribution in [0, 0.1) is 0 Å². The molecule has 0 saturated heterocycles. The van der Waals surface area contributed by atoms with Crippen LogP contribution in [0.25, 0.3) is 10.8 Å². The highest BCUT2D eigenvalue weighted by Crippen LogP contribution is 2.29. The van der Waals surface area contributed by atoms with E-state index in [1.165, 1.54) is 0 Å². The van der Waals surface area contributed by atoms with Gasteiger partial charge in [-0.15, -0.1) is 0 Å². The van der Waals surface area contributed by atoms with Gasteiger partial charge in [-0.05, 0) is 30.5 Å². The molecule has 0 unspecified atom stereocenters. The van der Waals surface area contributed by atoms with E-state index in [2.05, 4.69) is 10.6 Å². The number of hydrogen-bond acceptors (Lipinski definition) is 4. The van der Waals surface area contributed by atoms with E-state index in [0.717, 1.165) is 16.5 Å². The van der Waals surface area contributed by atoms with Crippen LogP contribution in [0.3, 0.4) is 0 Å². The molecule has 134 valence electrons. The Morgan fingerprint density at radius 3 is 2.46 bits per heavy atom. The highest BCUT2D eigenvalue weighted by atomic mass is 16.5. The van der Waals surface area contributed by atoms with E-state index >= 15 is 0 Å². The molecular formula is C21H22N2O3. The Labute approximate surface area is 152 Å². The molecule has 0 heterocycles. The second-order valence-corrected chi connectivity index (χ2v) is 5.95. The zero-order valence-corrected chi connectivity index (χ0v) is 15.1. The van der Waals surface area contributed by atoms with Gasteiger partial charge >= 0.3 is 0 Å². The van der Waals surface area contributed by atoms with Gasteiger partial charge in [0, 0.05) is 17.1 Å². The van der Waals surface area contributed by atoms with E-state index in [-0.39, 0.29) is 5.91 Å². The predicted molar refractivity (Wildman–Crippen MR) is 105 cm³/mol. The molecule has 5 nitrogen and oxygen atoms in total. The molecule has 26 heavy (non-hydrogen) atoms. The number of carbonyl (C=O) groups is 1. The van der Waals surface area contributed by atoms with Crippen LogP contribution in [0.4, 0.5) is 11.4 Å². The third-order valence-corrected chi connectivity index (χ3v) is 4.22. The number of hydrogen-bond donors (Lipinski definition) is 2. The van der Waals surface area contributed by atoms with Gasteiger partial charge in [0.25, 0.3) is 0 Å². The number of ether oxygens (including phenoxy) is 2. The van der Waals surface area contributed by atoms with Crippen LogP contribution in [-0.4, -0.2) is 26.2 Å². The molecule has 0 bridgehead atoms. The molecule has 0 aliphatic carbocycles. The van der Waals surface area contributed by atoms with Crippen LogP contribution in [-0.2, 0) is 4.79 Å². The molecule has 3 aromatic rings. The van der Waals surface area contributed by atoms with Crippen molar-refractivity contribution in [1.82, 2.24) is 0 Å². The lowest BCUT2D eigenvalue weighted by Gasteiger charge is -2.18. The summed E-state index contributed by atoms with van der Waals surface area (Å²) in [4.78, 5) is 12.7. The maximum absolute atomic E-state index is 12.7. The second kappa shape index (κ2) is 7.78. The van der Waals surface area contributed by atoms with Gasteiger partial charge in [-0.1, -0.05) is 36.4 Å². The van der Waals surface area contributed by atoms with Gasteiger partial charge in [-0.2, -0.15) is 0 Å². The van der Waals surface area contributed by atoms with Crippen LogP contribution in [0.1, 0.15) is 6.92 Å². The molecule has 5 heteroatoms. The van der Waals surface area contributed by atoms with Crippen molar-refractivity contribution < 1.29 is 14.3 Å². The Balaban J connectivity index is 1.78. The van der Waals surface area contributed by atoms with Crippen molar-refractivity contribution in [3.05, 3.63) is 60.7 Å². The van der Waals surface area contributed by atoms with Gasteiger partial charge in [0.15, 0.2) is 0 Å². The fraction of sp³-hybridized carbons (Fsp3) is 0.190. The van der Waals surface area contributed by atoms with Crippen LogP contribution in [0.5, 0.6) is 11.5 Å². The largest absolute Gasteiger partial charge is 0.497 e. The average molecular weight is 350 g/mol. The van der Waals surface area contributed by atoms with E-state index < -0.39 is 6.04 Å². The molecule has 1 amide bonds. The molecule has 0 aliphatic heterocycles. The van der Waals surface area contributed by atoms with Crippen molar-refractivity contribution in [3.8, 4) is 11.5 Å². The highest BCUT2D eigenvalue weighted by molar-refractivity contribution is 6.00. The van der Waals surface area contributed by atoms with E-state index in [9.17, 15) is 4.79 Å².